The van der Waals surface area contributed by atoms with Crippen molar-refractivity contribution in [2.24, 2.45) is 0 Å². The van der Waals surface area contributed by atoms with Crippen molar-refractivity contribution in [3.8, 4) is 0 Å². The first kappa shape index (κ1) is 14.7. The van der Waals surface area contributed by atoms with Crippen LogP contribution in [0.1, 0.15) is 44.2 Å². The molecule has 0 aromatic heterocycles. The van der Waals surface area contributed by atoms with E-state index < -0.39 is 0 Å². The number of benzene rings is 1. The number of Topliss-reactive ketones (excluding diaryl/α,β-unsaturated/α-hetero) is 1. The summed E-state index contributed by atoms with van der Waals surface area (Å²) in [6.07, 6.45) is 0.450. The Kier molecular flexibility index (Phi) is 4.17. The van der Waals surface area contributed by atoms with E-state index in [2.05, 4.69) is 47.1 Å². The number of carbonyl (C=O) groups excluding carboxylic acids is 1. The average Bonchev–Trinajstić information content (AvgIpc) is 2.54. The van der Waals surface area contributed by atoms with Crippen molar-refractivity contribution >= 4 is 21.7 Å². The van der Waals surface area contributed by atoms with E-state index in [9.17, 15) is 4.79 Å². The van der Waals surface area contributed by atoms with Gasteiger partial charge in [-0.15, -0.1) is 0 Å². The van der Waals surface area contributed by atoms with Gasteiger partial charge in [0, 0.05) is 12.3 Å². The maximum absolute atomic E-state index is 12.0. The quantitative estimate of drug-likeness (QED) is 0.768. The zero-order valence-corrected chi connectivity index (χ0v) is 13.5. The number of aryl methyl sites for hydroxylation is 1. The first-order chi connectivity index (χ1) is 8.78. The third-order valence-corrected chi connectivity index (χ3v) is 4.47. The minimum atomic E-state index is -0.231. The topological polar surface area (TPSA) is 26.3 Å². The van der Waals surface area contributed by atoms with Crippen molar-refractivity contribution in [2.75, 3.05) is 0 Å². The van der Waals surface area contributed by atoms with Gasteiger partial charge in [-0.1, -0.05) is 45.8 Å². The van der Waals surface area contributed by atoms with Gasteiger partial charge in [0.2, 0.25) is 0 Å². The highest BCUT2D eigenvalue weighted by Gasteiger charge is 2.43. The number of hydrogen-bond acceptors (Lipinski definition) is 2. The molecule has 1 aliphatic rings. The van der Waals surface area contributed by atoms with Crippen LogP contribution in [-0.2, 0) is 9.53 Å². The molecule has 0 saturated heterocycles. The Bertz CT molecular complexity index is 459. The predicted molar refractivity (Wildman–Crippen MR) is 80.9 cm³/mol. The third-order valence-electron chi connectivity index (χ3n) is 3.39. The number of rotatable bonds is 2. The lowest BCUT2D eigenvalue weighted by Gasteiger charge is -2.29. The van der Waals surface area contributed by atoms with Crippen molar-refractivity contribution in [3.05, 3.63) is 35.4 Å². The van der Waals surface area contributed by atoms with Gasteiger partial charge in [-0.05, 0) is 33.3 Å². The van der Waals surface area contributed by atoms with E-state index in [1.165, 1.54) is 11.1 Å². The van der Waals surface area contributed by atoms with E-state index >= 15 is 0 Å². The highest BCUT2D eigenvalue weighted by Crippen LogP contribution is 2.40. The summed E-state index contributed by atoms with van der Waals surface area (Å²) in [7, 11) is 0. The molecule has 1 saturated carbocycles. The summed E-state index contributed by atoms with van der Waals surface area (Å²) in [6.45, 7) is 8.17. The lowest BCUT2D eigenvalue weighted by atomic mass is 9.94. The summed E-state index contributed by atoms with van der Waals surface area (Å²) >= 11 is 3.54. The van der Waals surface area contributed by atoms with E-state index in [0.29, 0.717) is 6.42 Å². The van der Waals surface area contributed by atoms with Gasteiger partial charge < -0.3 is 4.74 Å². The van der Waals surface area contributed by atoms with Gasteiger partial charge in [-0.3, -0.25) is 4.79 Å². The van der Waals surface area contributed by atoms with Crippen molar-refractivity contribution in [2.45, 2.75) is 56.6 Å². The molecule has 2 nitrogen and oxygen atoms in total. The lowest BCUT2D eigenvalue weighted by molar-refractivity contribution is -0.119. The molecule has 3 atom stereocenters. The number of hydrogen-bond donors (Lipinski definition) is 0. The van der Waals surface area contributed by atoms with Crippen LogP contribution < -0.4 is 0 Å². The molecule has 0 N–H and O–H groups in total. The summed E-state index contributed by atoms with van der Waals surface area (Å²) in [6, 6.07) is 8.38. The fraction of sp³-hybridized carbons (Fsp3) is 0.562. The molecule has 3 heteroatoms. The number of halogens is 1. The molecule has 0 spiro atoms. The molecule has 0 heterocycles. The van der Waals surface area contributed by atoms with Gasteiger partial charge in [0.1, 0.15) is 5.78 Å². The number of ether oxygens (including phenoxy) is 1. The van der Waals surface area contributed by atoms with E-state index in [-0.39, 0.29) is 28.2 Å². The summed E-state index contributed by atoms with van der Waals surface area (Å²) in [5.41, 5.74) is 2.17. The van der Waals surface area contributed by atoms with Gasteiger partial charge in [0.15, 0.2) is 0 Å². The molecule has 1 aromatic carbocycles. The second-order valence-corrected chi connectivity index (χ2v) is 7.26. The van der Waals surface area contributed by atoms with Gasteiger partial charge >= 0.3 is 0 Å². The molecule has 19 heavy (non-hydrogen) atoms. The van der Waals surface area contributed by atoms with Crippen LogP contribution in [0.5, 0.6) is 0 Å². The van der Waals surface area contributed by atoms with Crippen molar-refractivity contribution in [1.29, 1.82) is 0 Å². The van der Waals surface area contributed by atoms with Crippen LogP contribution in [0.2, 0.25) is 0 Å². The number of alkyl halides is 1. The maximum atomic E-state index is 12.0. The molecule has 104 valence electrons. The van der Waals surface area contributed by atoms with Crippen molar-refractivity contribution < 1.29 is 9.53 Å². The molecular weight excluding hydrogens is 304 g/mol. The second kappa shape index (κ2) is 5.37. The summed E-state index contributed by atoms with van der Waals surface area (Å²) in [5, 5.41) is 0. The maximum Gasteiger partial charge on any atom is 0.149 e. The van der Waals surface area contributed by atoms with E-state index in [0.717, 1.165) is 0 Å². The molecule has 1 unspecified atom stereocenters. The first-order valence-corrected chi connectivity index (χ1v) is 7.61. The molecule has 0 bridgehead atoms. The second-order valence-electron chi connectivity index (χ2n) is 6.28. The van der Waals surface area contributed by atoms with Crippen molar-refractivity contribution in [3.63, 3.8) is 0 Å². The van der Waals surface area contributed by atoms with Gasteiger partial charge in [-0.2, -0.15) is 0 Å². The molecule has 0 aliphatic heterocycles. The molecule has 2 rings (SSSR count). The van der Waals surface area contributed by atoms with E-state index in [1.54, 1.807) is 0 Å². The highest BCUT2D eigenvalue weighted by molar-refractivity contribution is 9.10. The van der Waals surface area contributed by atoms with Gasteiger partial charge in [0.25, 0.3) is 0 Å². The van der Waals surface area contributed by atoms with Crippen LogP contribution in [-0.4, -0.2) is 22.3 Å². The standard InChI is InChI=1S/C16H21BrO2/c1-10-5-7-11(8-6-10)14-13(19-16(2,3)4)9-12(18)15(14)17/h5-8,13-15H,9H2,1-4H3/t13-,14+,15?/m0/s1. The molecule has 0 radical (unpaired) electrons. The van der Waals surface area contributed by atoms with Crippen LogP contribution in [0.4, 0.5) is 0 Å². The normalized spacial score (nSPS) is 27.8. The Labute approximate surface area is 123 Å². The molecule has 1 aliphatic carbocycles. The van der Waals surface area contributed by atoms with Gasteiger partial charge in [0.05, 0.1) is 16.5 Å². The fourth-order valence-corrected chi connectivity index (χ4v) is 3.40. The largest absolute Gasteiger partial charge is 0.371 e. The molecule has 0 amide bonds. The van der Waals surface area contributed by atoms with Crippen LogP contribution >= 0.6 is 15.9 Å². The Morgan fingerprint density at radius 3 is 2.32 bits per heavy atom. The van der Waals surface area contributed by atoms with Crippen LogP contribution in [0, 0.1) is 6.92 Å². The summed E-state index contributed by atoms with van der Waals surface area (Å²) in [5.74, 6) is 0.340. The van der Waals surface area contributed by atoms with Crippen LogP contribution in [0.25, 0.3) is 0 Å². The highest BCUT2D eigenvalue weighted by atomic mass is 79.9. The predicted octanol–water partition coefficient (Wildman–Crippen LogP) is 4.00. The Balaban J connectivity index is 2.28. The van der Waals surface area contributed by atoms with Crippen LogP contribution in [0.3, 0.4) is 0 Å². The zero-order valence-electron chi connectivity index (χ0n) is 11.9. The minimum absolute atomic E-state index is 0.0421. The first-order valence-electron chi connectivity index (χ1n) is 6.69. The molecule has 1 fully saturated rings. The SMILES string of the molecule is Cc1ccc([C@H]2C(Br)C(=O)C[C@@H]2OC(C)(C)C)cc1. The smallest absolute Gasteiger partial charge is 0.149 e. The van der Waals surface area contributed by atoms with E-state index in [1.807, 2.05) is 20.8 Å². The lowest BCUT2D eigenvalue weighted by Crippen LogP contribution is -2.30. The summed E-state index contributed by atoms with van der Waals surface area (Å²) < 4.78 is 6.09. The number of carbonyl (C=O) groups is 1. The Morgan fingerprint density at radius 2 is 1.79 bits per heavy atom. The summed E-state index contributed by atoms with van der Waals surface area (Å²) in [4.78, 5) is 11.9. The van der Waals surface area contributed by atoms with E-state index in [4.69, 9.17) is 4.74 Å². The molecule has 1 aromatic rings. The van der Waals surface area contributed by atoms with Gasteiger partial charge in [-0.25, -0.2) is 0 Å². The number of ketones is 1. The Hall–Kier alpha value is -0.670. The fourth-order valence-electron chi connectivity index (χ4n) is 2.57. The average molecular weight is 325 g/mol. The minimum Gasteiger partial charge on any atom is -0.371 e. The van der Waals surface area contributed by atoms with Crippen LogP contribution in [0.15, 0.2) is 24.3 Å². The zero-order chi connectivity index (χ0) is 14.2. The molecular formula is C16H21BrO2. The third kappa shape index (κ3) is 3.46. The van der Waals surface area contributed by atoms with Crippen molar-refractivity contribution in [1.82, 2.24) is 0 Å². The Morgan fingerprint density at radius 1 is 1.21 bits per heavy atom. The monoisotopic (exact) mass is 324 g/mol.